The highest BCUT2D eigenvalue weighted by atomic mass is 32.2. The van der Waals surface area contributed by atoms with Crippen LogP contribution in [0.2, 0.25) is 0 Å². The van der Waals surface area contributed by atoms with Crippen molar-refractivity contribution in [1.82, 2.24) is 14.3 Å². The van der Waals surface area contributed by atoms with Crippen molar-refractivity contribution in [2.45, 2.75) is 51.1 Å². The van der Waals surface area contributed by atoms with Crippen LogP contribution in [0.5, 0.6) is 0 Å². The van der Waals surface area contributed by atoms with Crippen LogP contribution in [0.4, 0.5) is 0 Å². The van der Waals surface area contributed by atoms with Crippen molar-refractivity contribution in [3.8, 4) is 0 Å². The molecule has 1 atom stereocenters. The third kappa shape index (κ3) is 4.54. The van der Waals surface area contributed by atoms with Crippen molar-refractivity contribution in [2.75, 3.05) is 20.6 Å². The predicted molar refractivity (Wildman–Crippen MR) is 70.1 cm³/mol. The molecule has 1 unspecified atom stereocenters. The Morgan fingerprint density at radius 2 is 1.88 bits per heavy atom. The lowest BCUT2D eigenvalue weighted by atomic mass is 9.96. The topological polar surface area (TPSA) is 61.4 Å². The number of nitrogens with zero attached hydrogens (tertiary/aromatic N) is 1. The predicted octanol–water partition coefficient (Wildman–Crippen LogP) is 0.693. The lowest BCUT2D eigenvalue weighted by Crippen LogP contribution is -2.47. The molecule has 0 aliphatic heterocycles. The maximum Gasteiger partial charge on any atom is 0.279 e. The first-order valence-corrected chi connectivity index (χ1v) is 7.81. The van der Waals surface area contributed by atoms with Gasteiger partial charge in [-0.15, -0.1) is 0 Å². The molecule has 1 rings (SSSR count). The van der Waals surface area contributed by atoms with Crippen LogP contribution in [-0.2, 0) is 10.2 Å². The summed E-state index contributed by atoms with van der Waals surface area (Å²) in [5, 5.41) is 3.01. The van der Waals surface area contributed by atoms with Gasteiger partial charge in [-0.05, 0) is 26.8 Å². The van der Waals surface area contributed by atoms with E-state index in [-0.39, 0.29) is 12.1 Å². The van der Waals surface area contributed by atoms with Gasteiger partial charge in [-0.3, -0.25) is 0 Å². The van der Waals surface area contributed by atoms with Gasteiger partial charge < -0.3 is 5.32 Å². The lowest BCUT2D eigenvalue weighted by molar-refractivity contribution is 0.282. The highest BCUT2D eigenvalue weighted by Crippen LogP contribution is 2.22. The molecule has 0 radical (unpaired) electrons. The third-order valence-electron chi connectivity index (χ3n) is 3.53. The average molecular weight is 263 g/mol. The maximum absolute atomic E-state index is 12.0. The smallest absolute Gasteiger partial charge is 0.279 e. The Balaban J connectivity index is 2.50. The van der Waals surface area contributed by atoms with E-state index in [0.717, 1.165) is 25.7 Å². The molecule has 2 N–H and O–H groups in total. The minimum absolute atomic E-state index is 0.143. The summed E-state index contributed by atoms with van der Waals surface area (Å²) in [5.74, 6) is 0. The number of hydrogen-bond acceptors (Lipinski definition) is 3. The Morgan fingerprint density at radius 3 is 2.41 bits per heavy atom. The van der Waals surface area contributed by atoms with Gasteiger partial charge in [-0.1, -0.05) is 19.3 Å². The van der Waals surface area contributed by atoms with Crippen LogP contribution in [0.25, 0.3) is 0 Å². The van der Waals surface area contributed by atoms with Crippen LogP contribution in [0.1, 0.15) is 39.0 Å². The molecule has 0 bridgehead atoms. The number of likely N-dealkylation sites (N-methyl/N-ethyl adjacent to an activating group) is 1. The molecule has 1 aliphatic rings. The molecular weight excluding hydrogens is 238 g/mol. The lowest BCUT2D eigenvalue weighted by Gasteiger charge is -2.30. The van der Waals surface area contributed by atoms with Gasteiger partial charge in [0.1, 0.15) is 0 Å². The Hall–Kier alpha value is -0.170. The van der Waals surface area contributed by atoms with E-state index in [1.165, 1.54) is 10.7 Å². The van der Waals surface area contributed by atoms with Crippen molar-refractivity contribution in [1.29, 1.82) is 0 Å². The summed E-state index contributed by atoms with van der Waals surface area (Å²) < 4.78 is 28.2. The Morgan fingerprint density at radius 1 is 1.29 bits per heavy atom. The zero-order valence-corrected chi connectivity index (χ0v) is 11.9. The normalized spacial score (nSPS) is 20.7. The first kappa shape index (κ1) is 14.9. The highest BCUT2D eigenvalue weighted by Gasteiger charge is 2.27. The van der Waals surface area contributed by atoms with E-state index in [2.05, 4.69) is 10.0 Å². The van der Waals surface area contributed by atoms with E-state index >= 15 is 0 Å². The average Bonchev–Trinajstić information content (AvgIpc) is 2.36. The Labute approximate surface area is 105 Å². The van der Waals surface area contributed by atoms with Crippen molar-refractivity contribution < 1.29 is 8.42 Å². The fourth-order valence-corrected chi connectivity index (χ4v) is 3.34. The zero-order valence-electron chi connectivity index (χ0n) is 11.1. The van der Waals surface area contributed by atoms with Gasteiger partial charge in [0.05, 0.1) is 0 Å². The van der Waals surface area contributed by atoms with Crippen molar-refractivity contribution in [3.63, 3.8) is 0 Å². The van der Waals surface area contributed by atoms with Crippen LogP contribution in [0, 0.1) is 0 Å². The van der Waals surface area contributed by atoms with Gasteiger partial charge in [0.15, 0.2) is 0 Å². The summed E-state index contributed by atoms with van der Waals surface area (Å²) in [5.41, 5.74) is 0. The van der Waals surface area contributed by atoms with E-state index in [1.54, 1.807) is 7.05 Å². The van der Waals surface area contributed by atoms with Gasteiger partial charge in [0.2, 0.25) is 0 Å². The quantitative estimate of drug-likeness (QED) is 0.741. The molecule has 0 aromatic rings. The summed E-state index contributed by atoms with van der Waals surface area (Å²) in [6.07, 6.45) is 5.47. The molecule has 1 aliphatic carbocycles. The molecule has 0 amide bonds. The van der Waals surface area contributed by atoms with Crippen LogP contribution >= 0.6 is 0 Å². The molecule has 1 saturated carbocycles. The van der Waals surface area contributed by atoms with E-state index in [0.29, 0.717) is 6.54 Å². The van der Waals surface area contributed by atoms with Gasteiger partial charge in [0.25, 0.3) is 10.2 Å². The van der Waals surface area contributed by atoms with Crippen LogP contribution in [0.3, 0.4) is 0 Å². The third-order valence-corrected chi connectivity index (χ3v) is 5.12. The number of rotatable bonds is 6. The van der Waals surface area contributed by atoms with E-state index in [9.17, 15) is 8.42 Å². The van der Waals surface area contributed by atoms with Gasteiger partial charge in [-0.25, -0.2) is 4.72 Å². The first-order valence-electron chi connectivity index (χ1n) is 6.37. The SMILES string of the molecule is CNC(C)CNS(=O)(=O)N(C)C1CCCCC1. The largest absolute Gasteiger partial charge is 0.316 e. The Kier molecular flexibility index (Phi) is 5.85. The fourth-order valence-electron chi connectivity index (χ4n) is 2.08. The summed E-state index contributed by atoms with van der Waals surface area (Å²) in [7, 11) is 0.184. The summed E-state index contributed by atoms with van der Waals surface area (Å²) in [4.78, 5) is 0. The van der Waals surface area contributed by atoms with E-state index in [4.69, 9.17) is 0 Å². The highest BCUT2D eigenvalue weighted by molar-refractivity contribution is 7.87. The molecule has 1 fully saturated rings. The summed E-state index contributed by atoms with van der Waals surface area (Å²) in [6, 6.07) is 0.315. The number of hydrogen-bond donors (Lipinski definition) is 2. The summed E-state index contributed by atoms with van der Waals surface area (Å²) in [6.45, 7) is 2.37. The molecule has 0 spiro atoms. The minimum Gasteiger partial charge on any atom is -0.316 e. The molecule has 0 heterocycles. The second kappa shape index (κ2) is 6.68. The van der Waals surface area contributed by atoms with Crippen LogP contribution < -0.4 is 10.0 Å². The fraction of sp³-hybridized carbons (Fsp3) is 1.00. The van der Waals surface area contributed by atoms with Crippen LogP contribution in [0.15, 0.2) is 0 Å². The molecule has 0 aromatic heterocycles. The standard InChI is InChI=1S/C11H25N3O2S/c1-10(12-2)9-13-17(15,16)14(3)11-7-5-4-6-8-11/h10-13H,4-9H2,1-3H3. The first-order chi connectivity index (χ1) is 7.97. The zero-order chi connectivity index (χ0) is 12.9. The molecular formula is C11H25N3O2S. The maximum atomic E-state index is 12.0. The second-order valence-electron chi connectivity index (χ2n) is 4.85. The minimum atomic E-state index is -3.32. The Bertz CT molecular complexity index is 313. The van der Waals surface area contributed by atoms with Crippen LogP contribution in [-0.4, -0.2) is 45.4 Å². The van der Waals surface area contributed by atoms with E-state index in [1.807, 2.05) is 14.0 Å². The van der Waals surface area contributed by atoms with Crippen molar-refractivity contribution in [2.24, 2.45) is 0 Å². The van der Waals surface area contributed by atoms with Gasteiger partial charge >= 0.3 is 0 Å². The number of nitrogens with one attached hydrogen (secondary N) is 2. The second-order valence-corrected chi connectivity index (χ2v) is 6.67. The summed E-state index contributed by atoms with van der Waals surface area (Å²) >= 11 is 0. The molecule has 0 saturated heterocycles. The molecule has 102 valence electrons. The van der Waals surface area contributed by atoms with Gasteiger partial charge in [-0.2, -0.15) is 12.7 Å². The van der Waals surface area contributed by atoms with E-state index < -0.39 is 10.2 Å². The van der Waals surface area contributed by atoms with Crippen molar-refractivity contribution in [3.05, 3.63) is 0 Å². The molecule has 0 aromatic carbocycles. The molecule has 6 heteroatoms. The molecule has 5 nitrogen and oxygen atoms in total. The molecule has 17 heavy (non-hydrogen) atoms. The monoisotopic (exact) mass is 263 g/mol. The van der Waals surface area contributed by atoms with Gasteiger partial charge in [0, 0.05) is 25.7 Å². The van der Waals surface area contributed by atoms with Crippen molar-refractivity contribution >= 4 is 10.2 Å².